The van der Waals surface area contributed by atoms with E-state index in [4.69, 9.17) is 0 Å². The van der Waals surface area contributed by atoms with E-state index in [2.05, 4.69) is 35.7 Å². The van der Waals surface area contributed by atoms with E-state index in [9.17, 15) is 18.0 Å². The van der Waals surface area contributed by atoms with Gasteiger partial charge in [-0.1, -0.05) is 13.8 Å². The lowest BCUT2D eigenvalue weighted by atomic mass is 10.3. The molecule has 0 aliphatic rings. The minimum absolute atomic E-state index is 0. The van der Waals surface area contributed by atoms with Gasteiger partial charge in [0.05, 0.1) is 0 Å². The molecule has 9 nitrogen and oxygen atoms in total. The van der Waals surface area contributed by atoms with Gasteiger partial charge in [0, 0.05) is 18.9 Å². The van der Waals surface area contributed by atoms with Crippen molar-refractivity contribution in [1.29, 1.82) is 0 Å². The maximum atomic E-state index is 13.0. The van der Waals surface area contributed by atoms with Gasteiger partial charge in [-0.25, -0.2) is 0 Å². The molecule has 2 aromatic rings. The summed E-state index contributed by atoms with van der Waals surface area (Å²) in [6.07, 6.45) is -3.43. The molecule has 0 aliphatic carbocycles. The number of allylic oxidation sites excluding steroid dienone is 1. The normalized spacial score (nSPS) is 11.8. The van der Waals surface area contributed by atoms with Crippen molar-refractivity contribution in [2.24, 2.45) is 0 Å². The molecule has 0 spiro atoms. The van der Waals surface area contributed by atoms with Crippen LogP contribution in [0, 0.1) is 0 Å². The molecule has 0 aromatic carbocycles. The third-order valence-corrected chi connectivity index (χ3v) is 2.80. The summed E-state index contributed by atoms with van der Waals surface area (Å²) in [5, 5.41) is 16.4. The van der Waals surface area contributed by atoms with Crippen molar-refractivity contribution < 1.29 is 18.0 Å². The number of rotatable bonds is 6. The number of carbonyl (C=O) groups is 1. The van der Waals surface area contributed by atoms with Gasteiger partial charge in [-0.05, 0) is 0 Å². The summed E-state index contributed by atoms with van der Waals surface area (Å²) in [4.78, 5) is 19.4. The van der Waals surface area contributed by atoms with E-state index in [1.165, 1.54) is 0 Å². The zero-order valence-corrected chi connectivity index (χ0v) is 14.0. The molecule has 2 aromatic heterocycles. The lowest BCUT2D eigenvalue weighted by molar-refractivity contribution is -0.113. The van der Waals surface area contributed by atoms with Gasteiger partial charge in [0.15, 0.2) is 0 Å². The van der Waals surface area contributed by atoms with Crippen LogP contribution in [0.15, 0.2) is 11.8 Å². The Kier molecular flexibility index (Phi) is 6.91. The van der Waals surface area contributed by atoms with Crippen LogP contribution in [0.2, 0.25) is 0 Å². The summed E-state index contributed by atoms with van der Waals surface area (Å²) in [7, 11) is 0. The van der Waals surface area contributed by atoms with E-state index in [0.29, 0.717) is 30.6 Å². The van der Waals surface area contributed by atoms with Crippen LogP contribution < -0.4 is 10.6 Å². The van der Waals surface area contributed by atoms with Gasteiger partial charge >= 0.3 is 6.18 Å². The number of H-pyrrole nitrogens is 2. The first-order valence-electron chi connectivity index (χ1n) is 7.01. The SMILES string of the molecule is CCc1nc(NC(=O)C=C(Nc2n[nH]c(CC)n2)C(F)(F)F)n[nH]1.Cl. The Balaban J connectivity index is 0.00000312. The van der Waals surface area contributed by atoms with Crippen molar-refractivity contribution in [3.63, 3.8) is 0 Å². The summed E-state index contributed by atoms with van der Waals surface area (Å²) >= 11 is 0. The fraction of sp³-hybridized carbons (Fsp3) is 0.417. The maximum Gasteiger partial charge on any atom is 0.431 e. The standard InChI is InChI=1S/C12H15F3N8O.ClH/c1-3-7-17-10(22-20-7)16-6(12(13,14)15)5-9(24)19-11-18-8(4-2)21-23-11;/h5H,3-4H2,1-2H3,(H2,16,17,20,22)(H2,18,19,21,23,24);1H. The van der Waals surface area contributed by atoms with Crippen LogP contribution in [-0.4, -0.2) is 42.4 Å². The number of carbonyl (C=O) groups excluding carboxylic acids is 1. The number of anilines is 2. The minimum Gasteiger partial charge on any atom is -0.319 e. The van der Waals surface area contributed by atoms with Crippen molar-refractivity contribution in [3.05, 3.63) is 23.4 Å². The highest BCUT2D eigenvalue weighted by molar-refractivity contribution is 5.98. The molecule has 25 heavy (non-hydrogen) atoms. The van der Waals surface area contributed by atoms with Crippen LogP contribution in [0.3, 0.4) is 0 Å². The number of aromatic amines is 2. The molecule has 0 atom stereocenters. The lowest BCUT2D eigenvalue weighted by Crippen LogP contribution is -2.23. The molecule has 4 N–H and O–H groups in total. The second kappa shape index (κ2) is 8.46. The van der Waals surface area contributed by atoms with E-state index < -0.39 is 17.8 Å². The second-order valence-electron chi connectivity index (χ2n) is 4.59. The molecule has 138 valence electrons. The molecule has 13 heteroatoms. The fourth-order valence-corrected chi connectivity index (χ4v) is 1.61. The smallest absolute Gasteiger partial charge is 0.319 e. The van der Waals surface area contributed by atoms with E-state index in [1.54, 1.807) is 13.8 Å². The number of aryl methyl sites for hydroxylation is 2. The quantitative estimate of drug-likeness (QED) is 0.568. The van der Waals surface area contributed by atoms with Crippen LogP contribution in [0.4, 0.5) is 25.1 Å². The highest BCUT2D eigenvalue weighted by Crippen LogP contribution is 2.26. The van der Waals surface area contributed by atoms with Gasteiger partial charge in [0.2, 0.25) is 11.9 Å². The minimum atomic E-state index is -4.79. The molecule has 0 bridgehead atoms. The molecule has 0 saturated heterocycles. The number of hydrogen-bond donors (Lipinski definition) is 4. The Morgan fingerprint density at radius 2 is 1.52 bits per heavy atom. The van der Waals surface area contributed by atoms with Crippen molar-refractivity contribution >= 4 is 30.2 Å². The molecular formula is C12H16ClF3N8O. The van der Waals surface area contributed by atoms with Crippen molar-refractivity contribution in [3.8, 4) is 0 Å². The van der Waals surface area contributed by atoms with Gasteiger partial charge in [0.1, 0.15) is 17.3 Å². The molecule has 1 amide bonds. The Morgan fingerprint density at radius 1 is 1.04 bits per heavy atom. The predicted molar refractivity (Wildman–Crippen MR) is 85.2 cm³/mol. The highest BCUT2D eigenvalue weighted by atomic mass is 35.5. The highest BCUT2D eigenvalue weighted by Gasteiger charge is 2.35. The summed E-state index contributed by atoms with van der Waals surface area (Å²) in [6.45, 7) is 3.57. The zero-order valence-electron chi connectivity index (χ0n) is 13.2. The first kappa shape index (κ1) is 20.4. The van der Waals surface area contributed by atoms with E-state index in [0.717, 1.165) is 0 Å². The molecule has 0 saturated carbocycles. The first-order chi connectivity index (χ1) is 11.3. The molecule has 2 rings (SSSR count). The largest absolute Gasteiger partial charge is 0.431 e. The van der Waals surface area contributed by atoms with Crippen molar-refractivity contribution in [2.75, 3.05) is 10.6 Å². The van der Waals surface area contributed by atoms with Crippen LogP contribution in [0.25, 0.3) is 0 Å². The monoisotopic (exact) mass is 380 g/mol. The summed E-state index contributed by atoms with van der Waals surface area (Å²) in [5.41, 5.74) is -1.31. The number of nitrogens with one attached hydrogen (secondary N) is 4. The van der Waals surface area contributed by atoms with Crippen LogP contribution in [0.5, 0.6) is 0 Å². The number of hydrogen-bond acceptors (Lipinski definition) is 6. The van der Waals surface area contributed by atoms with Gasteiger partial charge in [0.25, 0.3) is 5.91 Å². The number of amides is 1. The molecule has 0 aliphatic heterocycles. The summed E-state index contributed by atoms with van der Waals surface area (Å²) in [5.74, 6) is -0.523. The van der Waals surface area contributed by atoms with Gasteiger partial charge in [-0.3, -0.25) is 20.3 Å². The lowest BCUT2D eigenvalue weighted by Gasteiger charge is -2.11. The zero-order chi connectivity index (χ0) is 17.7. The third-order valence-electron chi connectivity index (χ3n) is 2.80. The van der Waals surface area contributed by atoms with Crippen LogP contribution >= 0.6 is 12.4 Å². The molecule has 0 radical (unpaired) electrons. The first-order valence-corrected chi connectivity index (χ1v) is 7.01. The number of halogens is 4. The average molecular weight is 381 g/mol. The van der Waals surface area contributed by atoms with Gasteiger partial charge in [-0.2, -0.15) is 23.1 Å². The molecule has 2 heterocycles. The Hall–Kier alpha value is -2.63. The second-order valence-corrected chi connectivity index (χ2v) is 4.59. The summed E-state index contributed by atoms with van der Waals surface area (Å²) < 4.78 is 39.1. The van der Waals surface area contributed by atoms with E-state index in [-0.39, 0.29) is 24.3 Å². The topological polar surface area (TPSA) is 124 Å². The molecular weight excluding hydrogens is 365 g/mol. The average Bonchev–Trinajstić information content (AvgIpc) is 3.14. The van der Waals surface area contributed by atoms with Crippen molar-refractivity contribution in [1.82, 2.24) is 30.4 Å². The molecule has 0 unspecified atom stereocenters. The number of alkyl halides is 3. The third kappa shape index (κ3) is 5.74. The predicted octanol–water partition coefficient (Wildman–Crippen LogP) is 1.97. The molecule has 0 fully saturated rings. The van der Waals surface area contributed by atoms with Crippen LogP contribution in [0.1, 0.15) is 25.5 Å². The number of aromatic nitrogens is 6. The van der Waals surface area contributed by atoms with Gasteiger partial charge in [-0.15, -0.1) is 22.6 Å². The Bertz CT molecular complexity index is 739. The Labute approximate surface area is 146 Å². The van der Waals surface area contributed by atoms with Gasteiger partial charge < -0.3 is 5.32 Å². The van der Waals surface area contributed by atoms with E-state index >= 15 is 0 Å². The maximum absolute atomic E-state index is 13.0. The Morgan fingerprint density at radius 3 is 1.92 bits per heavy atom. The van der Waals surface area contributed by atoms with Crippen molar-refractivity contribution in [2.45, 2.75) is 32.9 Å². The number of nitrogens with zero attached hydrogens (tertiary/aromatic N) is 4. The fourth-order valence-electron chi connectivity index (χ4n) is 1.61. The van der Waals surface area contributed by atoms with E-state index in [1.807, 2.05) is 5.32 Å². The summed E-state index contributed by atoms with van der Waals surface area (Å²) in [6, 6.07) is 0. The van der Waals surface area contributed by atoms with Crippen LogP contribution in [-0.2, 0) is 17.6 Å².